The maximum Gasteiger partial charge on any atom is 0.330 e. The fraction of sp³-hybridized carbons (Fsp3) is 0.385. The summed E-state index contributed by atoms with van der Waals surface area (Å²) in [5, 5.41) is 0.703. The van der Waals surface area contributed by atoms with Crippen LogP contribution in [0.4, 0.5) is 0 Å². The molecule has 0 N–H and O–H groups in total. The number of carbonyl (C=O) groups excluding carboxylic acids is 1. The van der Waals surface area contributed by atoms with Crippen molar-refractivity contribution in [3.63, 3.8) is 0 Å². The van der Waals surface area contributed by atoms with Crippen LogP contribution >= 0.6 is 11.6 Å². The fourth-order valence-corrected chi connectivity index (χ4v) is 1.99. The number of nitrogens with zero attached hydrogens (tertiary/aromatic N) is 1. The van der Waals surface area contributed by atoms with Crippen LogP contribution in [0.1, 0.15) is 25.3 Å². The smallest absolute Gasteiger partial charge is 0.330 e. The number of benzene rings is 1. The summed E-state index contributed by atoms with van der Waals surface area (Å²) in [6, 6.07) is 7.18. The molecule has 1 unspecified atom stereocenters. The van der Waals surface area contributed by atoms with Crippen LogP contribution in [-0.2, 0) is 9.53 Å². The number of rotatable bonds is 3. The summed E-state index contributed by atoms with van der Waals surface area (Å²) < 4.78 is 4.96. The van der Waals surface area contributed by atoms with Crippen LogP contribution < -0.4 is 0 Å². The number of hydrogen-bond donors (Lipinski definition) is 0. The van der Waals surface area contributed by atoms with Gasteiger partial charge in [0.05, 0.1) is 6.61 Å². The summed E-state index contributed by atoms with van der Waals surface area (Å²) in [5.41, 5.74) is 1.99. The summed E-state index contributed by atoms with van der Waals surface area (Å²) in [6.07, 6.45) is 1.54. The van der Waals surface area contributed by atoms with E-state index in [1.807, 2.05) is 24.3 Å². The van der Waals surface area contributed by atoms with Crippen LogP contribution in [0.2, 0.25) is 5.02 Å². The van der Waals surface area contributed by atoms with Gasteiger partial charge in [-0.25, -0.2) is 4.79 Å². The lowest BCUT2D eigenvalue weighted by Crippen LogP contribution is -2.18. The zero-order valence-electron chi connectivity index (χ0n) is 9.65. The monoisotopic (exact) mass is 251 g/mol. The van der Waals surface area contributed by atoms with E-state index in [2.05, 4.69) is 4.99 Å². The Kier molecular flexibility index (Phi) is 3.79. The second-order valence-corrected chi connectivity index (χ2v) is 4.33. The molecule has 0 aliphatic carbocycles. The fourth-order valence-electron chi connectivity index (χ4n) is 1.86. The van der Waals surface area contributed by atoms with Crippen LogP contribution in [-0.4, -0.2) is 24.3 Å². The topological polar surface area (TPSA) is 38.7 Å². The highest BCUT2D eigenvalue weighted by Gasteiger charge is 2.25. The molecule has 90 valence electrons. The van der Waals surface area contributed by atoms with Crippen molar-refractivity contribution in [2.75, 3.05) is 6.61 Å². The third-order valence-corrected chi connectivity index (χ3v) is 2.95. The molecular formula is C13H14ClNO2. The van der Waals surface area contributed by atoms with Crippen molar-refractivity contribution < 1.29 is 9.53 Å². The molecule has 4 heteroatoms. The summed E-state index contributed by atoms with van der Waals surface area (Å²) in [5.74, 6) is -0.225. The predicted molar refractivity (Wildman–Crippen MR) is 67.6 cm³/mol. The van der Waals surface area contributed by atoms with Gasteiger partial charge in [0.25, 0.3) is 0 Å². The van der Waals surface area contributed by atoms with Crippen molar-refractivity contribution in [3.05, 3.63) is 34.9 Å². The summed E-state index contributed by atoms with van der Waals surface area (Å²) in [6.45, 7) is 2.21. The summed E-state index contributed by atoms with van der Waals surface area (Å²) >= 11 is 5.82. The van der Waals surface area contributed by atoms with Gasteiger partial charge in [-0.05, 0) is 37.5 Å². The average Bonchev–Trinajstić information content (AvgIpc) is 2.80. The van der Waals surface area contributed by atoms with Crippen LogP contribution in [0, 0.1) is 0 Å². The average molecular weight is 252 g/mol. The molecule has 3 nitrogen and oxygen atoms in total. The Bertz CT molecular complexity index is 439. The molecular weight excluding hydrogens is 238 g/mol. The highest BCUT2D eigenvalue weighted by atomic mass is 35.5. The van der Waals surface area contributed by atoms with Gasteiger partial charge in [-0.15, -0.1) is 0 Å². The third kappa shape index (κ3) is 2.86. The molecule has 2 rings (SSSR count). The normalized spacial score (nSPS) is 18.9. The Hall–Kier alpha value is -1.35. The highest BCUT2D eigenvalue weighted by molar-refractivity contribution is 6.30. The minimum atomic E-state index is -0.333. The highest BCUT2D eigenvalue weighted by Crippen LogP contribution is 2.20. The lowest BCUT2D eigenvalue weighted by Gasteiger charge is -2.04. The van der Waals surface area contributed by atoms with E-state index in [1.165, 1.54) is 0 Å². The molecule has 0 amide bonds. The molecule has 0 saturated carbocycles. The largest absolute Gasteiger partial charge is 0.464 e. The Balaban J connectivity index is 2.11. The number of carbonyl (C=O) groups is 1. The molecule has 0 bridgehead atoms. The van der Waals surface area contributed by atoms with Crippen molar-refractivity contribution in [2.24, 2.45) is 4.99 Å². The minimum Gasteiger partial charge on any atom is -0.464 e. The van der Waals surface area contributed by atoms with Gasteiger partial charge >= 0.3 is 5.97 Å². The third-order valence-electron chi connectivity index (χ3n) is 2.70. The van der Waals surface area contributed by atoms with Gasteiger partial charge in [-0.1, -0.05) is 23.7 Å². The molecule has 1 aliphatic rings. The number of hydrogen-bond acceptors (Lipinski definition) is 3. The molecule has 0 radical (unpaired) electrons. The van der Waals surface area contributed by atoms with Gasteiger partial charge in [-0.3, -0.25) is 4.99 Å². The zero-order chi connectivity index (χ0) is 12.3. The molecule has 0 spiro atoms. The van der Waals surface area contributed by atoms with Gasteiger partial charge in [0.15, 0.2) is 0 Å². The van der Waals surface area contributed by atoms with E-state index >= 15 is 0 Å². The first-order chi connectivity index (χ1) is 8.20. The van der Waals surface area contributed by atoms with Crippen molar-refractivity contribution in [3.8, 4) is 0 Å². The Morgan fingerprint density at radius 2 is 2.18 bits per heavy atom. The molecule has 1 heterocycles. The number of esters is 1. The van der Waals surface area contributed by atoms with Gasteiger partial charge in [0.1, 0.15) is 6.04 Å². The maximum atomic E-state index is 11.5. The molecule has 1 atom stereocenters. The van der Waals surface area contributed by atoms with Gasteiger partial charge in [-0.2, -0.15) is 0 Å². The molecule has 0 aromatic heterocycles. The van der Waals surface area contributed by atoms with E-state index < -0.39 is 0 Å². The van der Waals surface area contributed by atoms with Crippen molar-refractivity contribution >= 4 is 23.3 Å². The van der Waals surface area contributed by atoms with Crippen molar-refractivity contribution in [1.82, 2.24) is 0 Å². The van der Waals surface area contributed by atoms with Crippen LogP contribution in [0.5, 0.6) is 0 Å². The number of halogens is 1. The first kappa shape index (κ1) is 12.1. The SMILES string of the molecule is CCOC(=O)C1CCC(c2ccc(Cl)cc2)=N1. The van der Waals surface area contributed by atoms with E-state index in [-0.39, 0.29) is 12.0 Å². The second-order valence-electron chi connectivity index (χ2n) is 3.89. The lowest BCUT2D eigenvalue weighted by atomic mass is 10.1. The van der Waals surface area contributed by atoms with Gasteiger partial charge in [0, 0.05) is 10.7 Å². The van der Waals surface area contributed by atoms with E-state index in [4.69, 9.17) is 16.3 Å². The van der Waals surface area contributed by atoms with Crippen LogP contribution in [0.25, 0.3) is 0 Å². The number of ether oxygens (including phenoxy) is 1. The molecule has 0 saturated heterocycles. The van der Waals surface area contributed by atoms with Gasteiger partial charge < -0.3 is 4.74 Å². The Labute approximate surface area is 105 Å². The van der Waals surface area contributed by atoms with Crippen molar-refractivity contribution in [2.45, 2.75) is 25.8 Å². The minimum absolute atomic E-state index is 0.225. The molecule has 1 aromatic rings. The number of aliphatic imine (C=N–C) groups is 1. The summed E-state index contributed by atoms with van der Waals surface area (Å²) in [7, 11) is 0. The molecule has 1 aliphatic heterocycles. The standard InChI is InChI=1S/C13H14ClNO2/c1-2-17-13(16)12-8-7-11(15-12)9-3-5-10(14)6-4-9/h3-6,12H,2,7-8H2,1H3. The van der Waals surface area contributed by atoms with E-state index in [0.29, 0.717) is 11.6 Å². The molecule has 1 aromatic carbocycles. The Morgan fingerprint density at radius 3 is 2.82 bits per heavy atom. The Morgan fingerprint density at radius 1 is 1.47 bits per heavy atom. The molecule has 0 fully saturated rings. The van der Waals surface area contributed by atoms with Gasteiger partial charge in [0.2, 0.25) is 0 Å². The quantitative estimate of drug-likeness (QED) is 0.775. The van der Waals surface area contributed by atoms with Crippen molar-refractivity contribution in [1.29, 1.82) is 0 Å². The maximum absolute atomic E-state index is 11.5. The summed E-state index contributed by atoms with van der Waals surface area (Å²) in [4.78, 5) is 15.9. The first-order valence-electron chi connectivity index (χ1n) is 5.70. The predicted octanol–water partition coefficient (Wildman–Crippen LogP) is 2.85. The van der Waals surface area contributed by atoms with E-state index in [1.54, 1.807) is 6.92 Å². The molecule has 17 heavy (non-hydrogen) atoms. The zero-order valence-corrected chi connectivity index (χ0v) is 10.4. The lowest BCUT2D eigenvalue weighted by molar-refractivity contribution is -0.144. The van der Waals surface area contributed by atoms with Crippen LogP contribution in [0.15, 0.2) is 29.3 Å². The van der Waals surface area contributed by atoms with E-state index in [0.717, 1.165) is 24.1 Å². The van der Waals surface area contributed by atoms with Crippen LogP contribution in [0.3, 0.4) is 0 Å². The van der Waals surface area contributed by atoms with E-state index in [9.17, 15) is 4.79 Å². The second kappa shape index (κ2) is 5.32. The first-order valence-corrected chi connectivity index (χ1v) is 6.07.